The Kier molecular flexibility index (Phi) is 5.19. The molecule has 0 N–H and O–H groups in total. The molecule has 2 rings (SSSR count). The zero-order valence-corrected chi connectivity index (χ0v) is 15.6. The Labute approximate surface area is 150 Å². The summed E-state index contributed by atoms with van der Waals surface area (Å²) in [7, 11) is -5.73. The predicted octanol–water partition coefficient (Wildman–Crippen LogP) is 3.52. The number of hydrogen-bond acceptors (Lipinski definition) is 5. The van der Waals surface area contributed by atoms with Gasteiger partial charge in [0.2, 0.25) is 0 Å². The third-order valence-corrected chi connectivity index (χ3v) is 4.61. The number of benzene rings is 1. The molecule has 0 aliphatic carbocycles. The van der Waals surface area contributed by atoms with E-state index in [1.807, 2.05) is 0 Å². The van der Waals surface area contributed by atoms with E-state index in [1.54, 1.807) is 20.8 Å². The average Bonchev–Trinajstić information content (AvgIpc) is 2.44. The van der Waals surface area contributed by atoms with Crippen LogP contribution in [0.1, 0.15) is 37.5 Å². The highest BCUT2D eigenvalue weighted by molar-refractivity contribution is 7.88. The second kappa shape index (κ2) is 6.64. The van der Waals surface area contributed by atoms with Crippen molar-refractivity contribution >= 4 is 16.2 Å². The molecule has 0 fully saturated rings. The van der Waals surface area contributed by atoms with Gasteiger partial charge in [-0.2, -0.15) is 21.6 Å². The molecular formula is C16H20F3NO5S. The summed E-state index contributed by atoms with van der Waals surface area (Å²) >= 11 is 0. The highest BCUT2D eigenvalue weighted by atomic mass is 32.2. The van der Waals surface area contributed by atoms with Gasteiger partial charge in [-0.25, -0.2) is 4.79 Å². The number of carbonyl (C=O) groups excluding carboxylic acids is 1. The van der Waals surface area contributed by atoms with E-state index in [0.717, 1.165) is 0 Å². The SMILES string of the molecule is Cc1cc2c(cc1OS(=O)(=O)C(F)(F)F)CCN(C(=O)OC(C)(C)C)C2. The molecule has 1 amide bonds. The first-order chi connectivity index (χ1) is 11.7. The first-order valence-corrected chi connectivity index (χ1v) is 9.21. The van der Waals surface area contributed by atoms with Crippen LogP contribution >= 0.6 is 0 Å². The summed E-state index contributed by atoms with van der Waals surface area (Å²) in [6.45, 7) is 7.20. The van der Waals surface area contributed by atoms with Gasteiger partial charge in [-0.3, -0.25) is 0 Å². The summed E-state index contributed by atoms with van der Waals surface area (Å²) in [4.78, 5) is 13.6. The topological polar surface area (TPSA) is 72.9 Å². The maximum absolute atomic E-state index is 12.5. The Balaban J connectivity index is 2.22. The summed E-state index contributed by atoms with van der Waals surface area (Å²) in [5.41, 5.74) is -4.58. The lowest BCUT2D eigenvalue weighted by Crippen LogP contribution is -2.40. The number of ether oxygens (including phenoxy) is 1. The molecule has 146 valence electrons. The van der Waals surface area contributed by atoms with Crippen molar-refractivity contribution in [3.63, 3.8) is 0 Å². The molecule has 0 saturated heterocycles. The summed E-state index contributed by atoms with van der Waals surface area (Å²) in [6, 6.07) is 2.80. The first-order valence-electron chi connectivity index (χ1n) is 7.81. The van der Waals surface area contributed by atoms with Crippen LogP contribution in [-0.2, 0) is 27.8 Å². The van der Waals surface area contributed by atoms with Crippen molar-refractivity contribution in [2.24, 2.45) is 0 Å². The van der Waals surface area contributed by atoms with Crippen molar-refractivity contribution < 1.29 is 35.3 Å². The molecule has 0 spiro atoms. The first kappa shape index (κ1) is 20.3. The molecule has 6 nitrogen and oxygen atoms in total. The van der Waals surface area contributed by atoms with E-state index in [-0.39, 0.29) is 17.9 Å². The Morgan fingerprint density at radius 3 is 2.31 bits per heavy atom. The summed E-state index contributed by atoms with van der Waals surface area (Å²) in [6.07, 6.45) is -0.141. The molecule has 0 atom stereocenters. The zero-order chi connectivity index (χ0) is 19.9. The standard InChI is InChI=1S/C16H20F3NO5S/c1-10-7-12-9-20(14(21)24-15(2,3)4)6-5-11(12)8-13(10)25-26(22,23)16(17,18)19/h7-8H,5-6,9H2,1-4H3. The minimum Gasteiger partial charge on any atom is -0.444 e. The summed E-state index contributed by atoms with van der Waals surface area (Å²) in [5.74, 6) is -0.369. The third kappa shape index (κ3) is 4.60. The van der Waals surface area contributed by atoms with Crippen molar-refractivity contribution in [3.8, 4) is 5.75 Å². The summed E-state index contributed by atoms with van der Waals surface area (Å²) in [5, 5.41) is 0. The number of fused-ring (bicyclic) bond motifs is 1. The molecule has 1 aliphatic heterocycles. The molecular weight excluding hydrogens is 375 g/mol. The maximum Gasteiger partial charge on any atom is 0.534 e. The van der Waals surface area contributed by atoms with Gasteiger partial charge in [-0.1, -0.05) is 6.07 Å². The average molecular weight is 395 g/mol. The van der Waals surface area contributed by atoms with Crippen LogP contribution in [0.5, 0.6) is 5.75 Å². The second-order valence-corrected chi connectivity index (χ2v) is 8.56. The number of alkyl halides is 3. The molecule has 1 heterocycles. The minimum atomic E-state index is -5.73. The maximum atomic E-state index is 12.5. The van der Waals surface area contributed by atoms with Crippen molar-refractivity contribution in [1.29, 1.82) is 0 Å². The molecule has 0 saturated carbocycles. The number of halogens is 3. The van der Waals surface area contributed by atoms with Crippen LogP contribution in [0.25, 0.3) is 0 Å². The van der Waals surface area contributed by atoms with Crippen LogP contribution in [0, 0.1) is 6.92 Å². The van der Waals surface area contributed by atoms with Crippen LogP contribution in [0.4, 0.5) is 18.0 Å². The highest BCUT2D eigenvalue weighted by Crippen LogP contribution is 2.32. The lowest BCUT2D eigenvalue weighted by atomic mass is 9.97. The van der Waals surface area contributed by atoms with Gasteiger partial charge >= 0.3 is 21.7 Å². The molecule has 0 bridgehead atoms. The van der Waals surface area contributed by atoms with Crippen LogP contribution in [0.2, 0.25) is 0 Å². The van der Waals surface area contributed by atoms with E-state index >= 15 is 0 Å². The van der Waals surface area contributed by atoms with Gasteiger partial charge in [0.1, 0.15) is 11.4 Å². The Morgan fingerprint density at radius 2 is 1.77 bits per heavy atom. The van der Waals surface area contributed by atoms with Crippen molar-refractivity contribution in [2.45, 2.75) is 51.8 Å². The number of hydrogen-bond donors (Lipinski definition) is 0. The van der Waals surface area contributed by atoms with Crippen LogP contribution in [0.3, 0.4) is 0 Å². The summed E-state index contributed by atoms with van der Waals surface area (Å²) < 4.78 is 69.4. The van der Waals surface area contributed by atoms with Gasteiger partial charge in [-0.05, 0) is 56.9 Å². The fraction of sp³-hybridized carbons (Fsp3) is 0.562. The number of rotatable bonds is 2. The largest absolute Gasteiger partial charge is 0.534 e. The molecule has 0 aromatic heterocycles. The van der Waals surface area contributed by atoms with Gasteiger partial charge in [0.15, 0.2) is 0 Å². The molecule has 1 aliphatic rings. The lowest BCUT2D eigenvalue weighted by Gasteiger charge is -2.31. The highest BCUT2D eigenvalue weighted by Gasteiger charge is 2.48. The van der Waals surface area contributed by atoms with E-state index in [1.165, 1.54) is 24.0 Å². The third-order valence-electron chi connectivity index (χ3n) is 3.64. The number of amides is 1. The van der Waals surface area contributed by atoms with Crippen LogP contribution in [-0.4, -0.2) is 37.1 Å². The normalized spacial score (nSPS) is 15.4. The van der Waals surface area contributed by atoms with E-state index in [0.29, 0.717) is 24.1 Å². The monoisotopic (exact) mass is 395 g/mol. The molecule has 10 heteroatoms. The molecule has 0 radical (unpaired) electrons. The Bertz CT molecular complexity index is 812. The minimum absolute atomic E-state index is 0.220. The van der Waals surface area contributed by atoms with E-state index in [2.05, 4.69) is 4.18 Å². The molecule has 1 aromatic rings. The van der Waals surface area contributed by atoms with Gasteiger partial charge in [0.25, 0.3) is 0 Å². The number of carbonyl (C=O) groups is 1. The molecule has 0 unspecified atom stereocenters. The molecule has 26 heavy (non-hydrogen) atoms. The van der Waals surface area contributed by atoms with Crippen molar-refractivity contribution in [3.05, 3.63) is 28.8 Å². The van der Waals surface area contributed by atoms with E-state index < -0.39 is 27.3 Å². The fourth-order valence-corrected chi connectivity index (χ4v) is 2.96. The number of aryl methyl sites for hydroxylation is 1. The van der Waals surface area contributed by atoms with Gasteiger partial charge < -0.3 is 13.8 Å². The zero-order valence-electron chi connectivity index (χ0n) is 14.8. The second-order valence-electron chi connectivity index (χ2n) is 7.02. The van der Waals surface area contributed by atoms with Gasteiger partial charge in [-0.15, -0.1) is 0 Å². The number of nitrogens with zero attached hydrogens (tertiary/aromatic N) is 1. The quantitative estimate of drug-likeness (QED) is 0.566. The van der Waals surface area contributed by atoms with E-state index in [4.69, 9.17) is 4.74 Å². The van der Waals surface area contributed by atoms with Crippen molar-refractivity contribution in [1.82, 2.24) is 4.90 Å². The van der Waals surface area contributed by atoms with Gasteiger partial charge in [0.05, 0.1) is 0 Å². The smallest absolute Gasteiger partial charge is 0.444 e. The van der Waals surface area contributed by atoms with Crippen LogP contribution < -0.4 is 4.18 Å². The Morgan fingerprint density at radius 1 is 1.15 bits per heavy atom. The Hall–Kier alpha value is -1.97. The van der Waals surface area contributed by atoms with Crippen LogP contribution in [0.15, 0.2) is 12.1 Å². The van der Waals surface area contributed by atoms with Crippen molar-refractivity contribution in [2.75, 3.05) is 6.54 Å². The molecule has 1 aromatic carbocycles. The lowest BCUT2D eigenvalue weighted by molar-refractivity contribution is -0.0500. The van der Waals surface area contributed by atoms with Gasteiger partial charge in [0, 0.05) is 13.1 Å². The fourth-order valence-electron chi connectivity index (χ4n) is 2.45. The van der Waals surface area contributed by atoms with E-state index in [9.17, 15) is 26.4 Å². The predicted molar refractivity (Wildman–Crippen MR) is 87.1 cm³/mol.